The average molecular weight is 424 g/mol. The molecule has 0 saturated carbocycles. The van der Waals surface area contributed by atoms with Gasteiger partial charge in [-0.15, -0.1) is 0 Å². The van der Waals surface area contributed by atoms with E-state index in [4.69, 9.17) is 23.7 Å². The molecule has 8 nitrogen and oxygen atoms in total. The molecule has 2 N–H and O–H groups in total. The molecule has 0 radical (unpaired) electrons. The van der Waals surface area contributed by atoms with Crippen molar-refractivity contribution in [2.24, 2.45) is 4.99 Å². The molecule has 0 aliphatic carbocycles. The fourth-order valence-corrected chi connectivity index (χ4v) is 2.87. The molecule has 0 spiro atoms. The fraction of sp³-hybridized carbons (Fsp3) is 0.682. The number of hydrogen-bond donors (Lipinski definition) is 2. The van der Waals surface area contributed by atoms with Gasteiger partial charge in [-0.25, -0.2) is 0 Å². The molecule has 0 aromatic heterocycles. The smallest absolute Gasteiger partial charge is 0.195 e. The van der Waals surface area contributed by atoms with E-state index in [1.807, 2.05) is 18.2 Å². The summed E-state index contributed by atoms with van der Waals surface area (Å²) < 4.78 is 27.1. The molecule has 1 heterocycles. The molecule has 0 unspecified atom stereocenters. The molecule has 2 rings (SSSR count). The van der Waals surface area contributed by atoms with E-state index in [-0.39, 0.29) is 0 Å². The predicted octanol–water partition coefficient (Wildman–Crippen LogP) is 3.08. The maximum atomic E-state index is 5.79. The number of nitrogens with zero attached hydrogens (tertiary/aromatic N) is 1. The van der Waals surface area contributed by atoms with Crippen molar-refractivity contribution in [3.8, 4) is 11.5 Å². The second kappa shape index (κ2) is 15.8. The van der Waals surface area contributed by atoms with Crippen LogP contribution in [0, 0.1) is 0 Å². The van der Waals surface area contributed by atoms with Crippen LogP contribution >= 0.6 is 0 Å². The quantitative estimate of drug-likeness (QED) is 0.270. The van der Waals surface area contributed by atoms with Gasteiger partial charge >= 0.3 is 0 Å². The Labute approximate surface area is 180 Å². The number of hydrogen-bond acceptors (Lipinski definition) is 6. The molecule has 8 heteroatoms. The van der Waals surface area contributed by atoms with Crippen molar-refractivity contribution in [3.05, 3.63) is 18.2 Å². The molecule has 30 heavy (non-hydrogen) atoms. The molecule has 1 aliphatic rings. The van der Waals surface area contributed by atoms with Gasteiger partial charge in [-0.3, -0.25) is 4.99 Å². The van der Waals surface area contributed by atoms with Crippen LogP contribution in [0.1, 0.15) is 32.1 Å². The van der Waals surface area contributed by atoms with Gasteiger partial charge in [0.25, 0.3) is 0 Å². The van der Waals surface area contributed by atoms with Crippen LogP contribution in [0.2, 0.25) is 0 Å². The Morgan fingerprint density at radius 2 is 1.77 bits per heavy atom. The first-order valence-electron chi connectivity index (χ1n) is 10.8. The van der Waals surface area contributed by atoms with E-state index in [0.29, 0.717) is 39.6 Å². The number of methoxy groups -OCH3 is 2. The van der Waals surface area contributed by atoms with E-state index >= 15 is 0 Å². The normalized spacial score (nSPS) is 13.7. The third kappa shape index (κ3) is 10.1. The minimum Gasteiger partial charge on any atom is -0.490 e. The number of nitrogens with one attached hydrogen (secondary N) is 2. The summed E-state index contributed by atoms with van der Waals surface area (Å²) in [5.41, 5.74) is 0.918. The van der Waals surface area contributed by atoms with Gasteiger partial charge in [0, 0.05) is 58.7 Å². The first-order chi connectivity index (χ1) is 14.8. The maximum Gasteiger partial charge on any atom is 0.195 e. The maximum absolute atomic E-state index is 5.79. The molecule has 170 valence electrons. The Morgan fingerprint density at radius 1 is 0.933 bits per heavy atom. The summed E-state index contributed by atoms with van der Waals surface area (Å²) in [6.07, 6.45) is 4.99. The predicted molar refractivity (Wildman–Crippen MR) is 119 cm³/mol. The van der Waals surface area contributed by atoms with Crippen molar-refractivity contribution in [3.63, 3.8) is 0 Å². The third-order valence-corrected chi connectivity index (χ3v) is 4.48. The van der Waals surface area contributed by atoms with Crippen LogP contribution in [-0.4, -0.2) is 72.9 Å². The Kier molecular flexibility index (Phi) is 12.7. The van der Waals surface area contributed by atoms with E-state index in [2.05, 4.69) is 15.6 Å². The number of anilines is 1. The van der Waals surface area contributed by atoms with Gasteiger partial charge < -0.3 is 34.3 Å². The molecule has 0 bridgehead atoms. The van der Waals surface area contributed by atoms with E-state index in [1.165, 1.54) is 0 Å². The van der Waals surface area contributed by atoms with E-state index in [9.17, 15) is 0 Å². The van der Waals surface area contributed by atoms with Gasteiger partial charge in [0.05, 0.1) is 26.4 Å². The van der Waals surface area contributed by atoms with Gasteiger partial charge in [0.2, 0.25) is 0 Å². The number of guanidine groups is 1. The van der Waals surface area contributed by atoms with E-state index in [1.54, 1.807) is 14.2 Å². The topological polar surface area (TPSA) is 82.6 Å². The first-order valence-corrected chi connectivity index (χ1v) is 10.8. The molecule has 1 aromatic rings. The molecule has 0 amide bonds. The van der Waals surface area contributed by atoms with Gasteiger partial charge in [-0.1, -0.05) is 0 Å². The number of fused-ring (bicyclic) bond motifs is 1. The molecular formula is C22H37N3O5. The van der Waals surface area contributed by atoms with E-state index in [0.717, 1.165) is 68.4 Å². The second-order valence-corrected chi connectivity index (χ2v) is 7.01. The van der Waals surface area contributed by atoms with Crippen molar-refractivity contribution in [2.45, 2.75) is 32.1 Å². The fourth-order valence-electron chi connectivity index (χ4n) is 2.87. The summed E-state index contributed by atoms with van der Waals surface area (Å²) in [6, 6.07) is 5.89. The summed E-state index contributed by atoms with van der Waals surface area (Å²) in [5, 5.41) is 6.79. The van der Waals surface area contributed by atoms with Crippen LogP contribution in [0.5, 0.6) is 11.5 Å². The minimum absolute atomic E-state index is 0.613. The summed E-state index contributed by atoms with van der Waals surface area (Å²) in [7, 11) is 3.41. The van der Waals surface area contributed by atoms with Gasteiger partial charge in [-0.05, 0) is 37.8 Å². The van der Waals surface area contributed by atoms with Gasteiger partial charge in [0.15, 0.2) is 17.5 Å². The third-order valence-electron chi connectivity index (χ3n) is 4.48. The number of unbranched alkanes of at least 4 members (excludes halogenated alkanes) is 2. The van der Waals surface area contributed by atoms with Crippen molar-refractivity contribution in [2.75, 3.05) is 72.3 Å². The highest BCUT2D eigenvalue weighted by molar-refractivity contribution is 5.93. The molecule has 1 aliphatic heterocycles. The van der Waals surface area contributed by atoms with Crippen LogP contribution in [0.15, 0.2) is 23.2 Å². The highest BCUT2D eigenvalue weighted by atomic mass is 16.5. The summed E-state index contributed by atoms with van der Waals surface area (Å²) in [5.74, 6) is 2.31. The Morgan fingerprint density at radius 3 is 2.60 bits per heavy atom. The largest absolute Gasteiger partial charge is 0.490 e. The van der Waals surface area contributed by atoms with Crippen molar-refractivity contribution < 1.29 is 23.7 Å². The minimum atomic E-state index is 0.613. The lowest BCUT2D eigenvalue weighted by molar-refractivity contribution is 0.0702. The van der Waals surface area contributed by atoms with Crippen LogP contribution in [0.25, 0.3) is 0 Å². The summed E-state index contributed by atoms with van der Waals surface area (Å²) >= 11 is 0. The molecule has 0 atom stereocenters. The molecule has 1 aromatic carbocycles. The Balaban J connectivity index is 1.86. The van der Waals surface area contributed by atoms with E-state index < -0.39 is 0 Å². The number of aliphatic imine (C=N–C) groups is 1. The van der Waals surface area contributed by atoms with Gasteiger partial charge in [-0.2, -0.15) is 0 Å². The lowest BCUT2D eigenvalue weighted by Crippen LogP contribution is -2.32. The van der Waals surface area contributed by atoms with Gasteiger partial charge in [0.1, 0.15) is 0 Å². The number of ether oxygens (including phenoxy) is 5. The molecule has 0 fully saturated rings. The van der Waals surface area contributed by atoms with Crippen molar-refractivity contribution >= 4 is 11.6 Å². The summed E-state index contributed by atoms with van der Waals surface area (Å²) in [4.78, 5) is 4.69. The van der Waals surface area contributed by atoms with Crippen LogP contribution in [0.3, 0.4) is 0 Å². The molecule has 0 saturated heterocycles. The lowest BCUT2D eigenvalue weighted by Gasteiger charge is -2.15. The number of rotatable bonds is 14. The second-order valence-electron chi connectivity index (χ2n) is 7.01. The Bertz CT molecular complexity index is 612. The highest BCUT2D eigenvalue weighted by Gasteiger charge is 2.11. The summed E-state index contributed by atoms with van der Waals surface area (Å²) in [6.45, 7) is 5.58. The highest BCUT2D eigenvalue weighted by Crippen LogP contribution is 2.32. The molecular weight excluding hydrogens is 386 g/mol. The van der Waals surface area contributed by atoms with Crippen LogP contribution in [0.4, 0.5) is 5.69 Å². The first kappa shape index (κ1) is 24.2. The zero-order chi connectivity index (χ0) is 21.3. The zero-order valence-corrected chi connectivity index (χ0v) is 18.4. The Hall–Kier alpha value is -2.03. The number of benzene rings is 1. The monoisotopic (exact) mass is 423 g/mol. The SMILES string of the molecule is COCCCCCNC(=NCCCOCCOC)Nc1ccc2c(c1)OCCCO2. The van der Waals surface area contributed by atoms with Crippen LogP contribution < -0.4 is 20.1 Å². The zero-order valence-electron chi connectivity index (χ0n) is 18.4. The standard InChI is InChI=1S/C22H37N3O5/c1-26-12-5-3-4-10-23-22(24-11-6-13-28-17-16-27-2)25-19-8-9-20-21(18-19)30-15-7-14-29-20/h8-9,18H,3-7,10-17H2,1-2H3,(H2,23,24,25). The average Bonchev–Trinajstić information content (AvgIpc) is 3.00. The van der Waals surface area contributed by atoms with Crippen molar-refractivity contribution in [1.82, 2.24) is 5.32 Å². The lowest BCUT2D eigenvalue weighted by atomic mass is 10.2. The van der Waals surface area contributed by atoms with Crippen molar-refractivity contribution in [1.29, 1.82) is 0 Å². The van der Waals surface area contributed by atoms with Crippen LogP contribution in [-0.2, 0) is 14.2 Å².